The molecule has 0 saturated carbocycles. The number of nitrogens with one attached hydrogen (secondary N) is 3. The first-order valence-corrected chi connectivity index (χ1v) is 10.6. The zero-order chi connectivity index (χ0) is 20.5. The van der Waals surface area contributed by atoms with Crippen molar-refractivity contribution in [2.45, 2.75) is 44.6 Å². The molecular weight excluding hydrogens is 378 g/mol. The zero-order valence-corrected chi connectivity index (χ0v) is 17.0. The minimum Gasteiger partial charge on any atom is -0.394 e. The van der Waals surface area contributed by atoms with E-state index in [9.17, 15) is 18.3 Å². The Labute approximate surface area is 165 Å². The standard InChI is InChI=1S/C20H25N3O4S/c1-12-4-6-16(8-13(12)2)23-28(26,27)19-9-15-5-7-20(25)22-17(15)10-18(19)21-14(3)11-24/h4,6,8-10,14,21,23-24H,5,7,11H2,1-3H3,(H,22,25)/t14-/m0/s1. The van der Waals surface area contributed by atoms with Gasteiger partial charge in [0.1, 0.15) is 4.90 Å². The first-order valence-electron chi connectivity index (χ1n) is 9.14. The minimum absolute atomic E-state index is 0.0842. The predicted octanol–water partition coefficient (Wildman–Crippen LogP) is 2.78. The van der Waals surface area contributed by atoms with E-state index in [1.165, 1.54) is 0 Å². The molecule has 3 rings (SSSR count). The molecule has 1 heterocycles. The van der Waals surface area contributed by atoms with Crippen LogP contribution in [-0.2, 0) is 21.2 Å². The highest BCUT2D eigenvalue weighted by Gasteiger charge is 2.25. The van der Waals surface area contributed by atoms with Gasteiger partial charge in [0, 0.05) is 23.8 Å². The van der Waals surface area contributed by atoms with Crippen molar-refractivity contribution in [3.63, 3.8) is 0 Å². The van der Waals surface area contributed by atoms with Crippen LogP contribution in [0.25, 0.3) is 0 Å². The van der Waals surface area contributed by atoms with Gasteiger partial charge in [-0.2, -0.15) is 0 Å². The van der Waals surface area contributed by atoms with Gasteiger partial charge in [0.15, 0.2) is 0 Å². The number of hydrogen-bond acceptors (Lipinski definition) is 5. The molecule has 7 nitrogen and oxygen atoms in total. The Morgan fingerprint density at radius 1 is 1.14 bits per heavy atom. The lowest BCUT2D eigenvalue weighted by atomic mass is 10.0. The van der Waals surface area contributed by atoms with E-state index >= 15 is 0 Å². The number of sulfonamides is 1. The number of aryl methyl sites for hydroxylation is 3. The van der Waals surface area contributed by atoms with Gasteiger partial charge in [-0.1, -0.05) is 6.07 Å². The van der Waals surface area contributed by atoms with Crippen LogP contribution in [0.4, 0.5) is 17.1 Å². The first kappa shape index (κ1) is 20.2. The van der Waals surface area contributed by atoms with Crippen LogP contribution in [0.3, 0.4) is 0 Å². The Morgan fingerprint density at radius 3 is 2.57 bits per heavy atom. The van der Waals surface area contributed by atoms with Gasteiger partial charge in [-0.05, 0) is 68.1 Å². The fraction of sp³-hybridized carbons (Fsp3) is 0.350. The molecule has 0 spiro atoms. The predicted molar refractivity (Wildman–Crippen MR) is 110 cm³/mol. The number of hydrogen-bond donors (Lipinski definition) is 4. The lowest BCUT2D eigenvalue weighted by Gasteiger charge is -2.23. The second kappa shape index (κ2) is 7.81. The molecule has 0 unspecified atom stereocenters. The number of rotatable bonds is 6. The molecule has 1 amide bonds. The summed E-state index contributed by atoms with van der Waals surface area (Å²) >= 11 is 0. The highest BCUT2D eigenvalue weighted by atomic mass is 32.2. The average Bonchev–Trinajstić information content (AvgIpc) is 2.63. The Balaban J connectivity index is 2.04. The van der Waals surface area contributed by atoms with E-state index in [1.54, 1.807) is 31.2 Å². The molecule has 0 aliphatic carbocycles. The topological polar surface area (TPSA) is 108 Å². The summed E-state index contributed by atoms with van der Waals surface area (Å²) in [5, 5.41) is 15.2. The fourth-order valence-corrected chi connectivity index (χ4v) is 4.32. The molecule has 1 aliphatic rings. The van der Waals surface area contributed by atoms with Gasteiger partial charge in [0.25, 0.3) is 10.0 Å². The van der Waals surface area contributed by atoms with Crippen LogP contribution in [0.5, 0.6) is 0 Å². The Bertz CT molecular complexity index is 1020. The average molecular weight is 404 g/mol. The monoisotopic (exact) mass is 403 g/mol. The summed E-state index contributed by atoms with van der Waals surface area (Å²) in [7, 11) is -3.88. The molecule has 28 heavy (non-hydrogen) atoms. The van der Waals surface area contributed by atoms with Crippen LogP contribution in [0, 0.1) is 13.8 Å². The van der Waals surface area contributed by atoms with Gasteiger partial charge in [0.2, 0.25) is 5.91 Å². The van der Waals surface area contributed by atoms with E-state index < -0.39 is 10.0 Å². The Hall–Kier alpha value is -2.58. The summed E-state index contributed by atoms with van der Waals surface area (Å²) in [5.41, 5.74) is 4.23. The molecule has 0 bridgehead atoms. The molecule has 2 aromatic carbocycles. The molecule has 1 atom stereocenters. The quantitative estimate of drug-likeness (QED) is 0.593. The summed E-state index contributed by atoms with van der Waals surface area (Å²) < 4.78 is 28.9. The maximum atomic E-state index is 13.1. The third-order valence-electron chi connectivity index (χ3n) is 4.83. The van der Waals surface area contributed by atoms with Gasteiger partial charge in [-0.3, -0.25) is 9.52 Å². The lowest BCUT2D eigenvalue weighted by Crippen LogP contribution is -2.25. The highest BCUT2D eigenvalue weighted by molar-refractivity contribution is 7.92. The van der Waals surface area contributed by atoms with Crippen LogP contribution in [-0.4, -0.2) is 32.1 Å². The normalized spacial score (nSPS) is 14.8. The molecule has 0 saturated heterocycles. The van der Waals surface area contributed by atoms with E-state index in [0.717, 1.165) is 16.7 Å². The van der Waals surface area contributed by atoms with Crippen molar-refractivity contribution in [1.29, 1.82) is 0 Å². The highest BCUT2D eigenvalue weighted by Crippen LogP contribution is 2.33. The summed E-state index contributed by atoms with van der Waals surface area (Å²) in [6, 6.07) is 8.23. The number of benzene rings is 2. The van der Waals surface area contributed by atoms with Crippen molar-refractivity contribution in [3.8, 4) is 0 Å². The maximum absolute atomic E-state index is 13.1. The van der Waals surface area contributed by atoms with Crippen molar-refractivity contribution in [1.82, 2.24) is 0 Å². The van der Waals surface area contributed by atoms with Gasteiger partial charge in [-0.25, -0.2) is 8.42 Å². The smallest absolute Gasteiger partial charge is 0.263 e. The van der Waals surface area contributed by atoms with E-state index in [2.05, 4.69) is 15.4 Å². The molecule has 8 heteroatoms. The van der Waals surface area contributed by atoms with Crippen LogP contribution >= 0.6 is 0 Å². The molecule has 0 fully saturated rings. The fourth-order valence-electron chi connectivity index (χ4n) is 3.07. The summed E-state index contributed by atoms with van der Waals surface area (Å²) in [6.45, 7) is 5.47. The number of fused-ring (bicyclic) bond motifs is 1. The third-order valence-corrected chi connectivity index (χ3v) is 6.25. The summed E-state index contributed by atoms with van der Waals surface area (Å²) in [5.74, 6) is -0.0995. The van der Waals surface area contributed by atoms with Gasteiger partial charge in [-0.15, -0.1) is 0 Å². The number of anilines is 3. The SMILES string of the molecule is Cc1ccc(NS(=O)(=O)c2cc3c(cc2N[C@@H](C)CO)NC(=O)CC3)cc1C. The van der Waals surface area contributed by atoms with E-state index in [0.29, 0.717) is 29.9 Å². The van der Waals surface area contributed by atoms with Crippen LogP contribution in [0.2, 0.25) is 0 Å². The molecule has 0 radical (unpaired) electrons. The molecule has 0 aromatic heterocycles. The second-order valence-corrected chi connectivity index (χ2v) is 8.84. The van der Waals surface area contributed by atoms with E-state index in [4.69, 9.17) is 0 Å². The van der Waals surface area contributed by atoms with Crippen molar-refractivity contribution >= 4 is 33.0 Å². The first-order chi connectivity index (χ1) is 13.2. The van der Waals surface area contributed by atoms with Crippen LogP contribution in [0.1, 0.15) is 30.0 Å². The number of amides is 1. The van der Waals surface area contributed by atoms with Gasteiger partial charge in [0.05, 0.1) is 12.3 Å². The van der Waals surface area contributed by atoms with Crippen molar-refractivity contribution < 1.29 is 18.3 Å². The van der Waals surface area contributed by atoms with Crippen molar-refractivity contribution in [2.24, 2.45) is 0 Å². The largest absolute Gasteiger partial charge is 0.394 e. The Kier molecular flexibility index (Phi) is 5.62. The molecule has 4 N–H and O–H groups in total. The van der Waals surface area contributed by atoms with E-state index in [-0.39, 0.29) is 23.5 Å². The third kappa shape index (κ3) is 4.28. The number of aliphatic hydroxyl groups is 1. The maximum Gasteiger partial charge on any atom is 0.263 e. The lowest BCUT2D eigenvalue weighted by molar-refractivity contribution is -0.116. The summed E-state index contributed by atoms with van der Waals surface area (Å²) in [4.78, 5) is 11.8. The van der Waals surface area contributed by atoms with Gasteiger partial charge < -0.3 is 15.7 Å². The number of carbonyl (C=O) groups is 1. The minimum atomic E-state index is -3.88. The number of aliphatic hydroxyl groups excluding tert-OH is 1. The summed E-state index contributed by atoms with van der Waals surface area (Å²) in [6.07, 6.45) is 0.792. The number of carbonyl (C=O) groups excluding carboxylic acids is 1. The second-order valence-electron chi connectivity index (χ2n) is 7.19. The van der Waals surface area contributed by atoms with Gasteiger partial charge >= 0.3 is 0 Å². The van der Waals surface area contributed by atoms with Crippen LogP contribution in [0.15, 0.2) is 35.2 Å². The van der Waals surface area contributed by atoms with Crippen LogP contribution < -0.4 is 15.4 Å². The van der Waals surface area contributed by atoms with Crippen molar-refractivity contribution in [3.05, 3.63) is 47.0 Å². The molecule has 1 aliphatic heterocycles. The zero-order valence-electron chi connectivity index (χ0n) is 16.2. The molecule has 2 aromatic rings. The Morgan fingerprint density at radius 2 is 1.89 bits per heavy atom. The van der Waals surface area contributed by atoms with E-state index in [1.807, 2.05) is 19.9 Å². The molecule has 150 valence electrons. The molecular formula is C20H25N3O4S. The van der Waals surface area contributed by atoms with Crippen molar-refractivity contribution in [2.75, 3.05) is 22.0 Å².